The molecule has 1 aliphatic carbocycles. The number of Topliss-reactive ketones (excluding diaryl/α,β-unsaturated/α-hetero) is 1. The lowest BCUT2D eigenvalue weighted by Crippen LogP contribution is -2.26. The summed E-state index contributed by atoms with van der Waals surface area (Å²) in [5.41, 5.74) is 0.644. The van der Waals surface area contributed by atoms with Crippen LogP contribution in [0.5, 0.6) is 5.88 Å². The van der Waals surface area contributed by atoms with Crippen LogP contribution in [-0.4, -0.2) is 41.9 Å². The number of hydrogen-bond donors (Lipinski definition) is 0. The van der Waals surface area contributed by atoms with Crippen LogP contribution in [0.15, 0.2) is 18.3 Å². The molecule has 0 saturated heterocycles. The normalized spacial score (nSPS) is 15.0. The number of hydrogen-bond acceptors (Lipinski definition) is 4. The highest BCUT2D eigenvalue weighted by Gasteiger charge is 2.25. The maximum atomic E-state index is 11.2. The van der Waals surface area contributed by atoms with Gasteiger partial charge in [-0.25, -0.2) is 4.98 Å². The molecule has 0 atom stereocenters. The summed E-state index contributed by atoms with van der Waals surface area (Å²) in [4.78, 5) is 17.6. The Morgan fingerprint density at radius 1 is 1.59 bits per heavy atom. The summed E-state index contributed by atoms with van der Waals surface area (Å²) in [6, 6.07) is 4.14. The van der Waals surface area contributed by atoms with E-state index in [0.717, 1.165) is 12.6 Å². The highest BCUT2D eigenvalue weighted by molar-refractivity contribution is 5.94. The molecule has 1 aromatic rings. The van der Waals surface area contributed by atoms with Crippen molar-refractivity contribution in [1.29, 1.82) is 0 Å². The van der Waals surface area contributed by atoms with Gasteiger partial charge in [-0.05, 0) is 32.9 Å². The molecule has 4 heteroatoms. The quantitative estimate of drug-likeness (QED) is 0.703. The summed E-state index contributed by atoms with van der Waals surface area (Å²) in [6.45, 7) is 3.05. The van der Waals surface area contributed by atoms with Crippen molar-refractivity contribution in [3.63, 3.8) is 0 Å². The Labute approximate surface area is 102 Å². The molecule has 1 aromatic heterocycles. The first-order chi connectivity index (χ1) is 8.16. The van der Waals surface area contributed by atoms with Crippen LogP contribution in [0.2, 0.25) is 0 Å². The van der Waals surface area contributed by atoms with Crippen molar-refractivity contribution in [2.45, 2.75) is 25.8 Å². The van der Waals surface area contributed by atoms with Crippen LogP contribution in [0.4, 0.5) is 0 Å². The largest absolute Gasteiger partial charge is 0.476 e. The molecular formula is C13H18N2O2. The Morgan fingerprint density at radius 3 is 3.00 bits per heavy atom. The zero-order valence-electron chi connectivity index (χ0n) is 10.3. The first-order valence-corrected chi connectivity index (χ1v) is 5.97. The van der Waals surface area contributed by atoms with Gasteiger partial charge in [-0.1, -0.05) is 0 Å². The van der Waals surface area contributed by atoms with Crippen molar-refractivity contribution in [3.05, 3.63) is 23.9 Å². The lowest BCUT2D eigenvalue weighted by Gasteiger charge is -2.15. The van der Waals surface area contributed by atoms with Crippen molar-refractivity contribution in [1.82, 2.24) is 9.88 Å². The maximum Gasteiger partial charge on any atom is 0.213 e. The molecule has 4 nitrogen and oxygen atoms in total. The van der Waals surface area contributed by atoms with Crippen LogP contribution in [-0.2, 0) is 0 Å². The van der Waals surface area contributed by atoms with Crippen molar-refractivity contribution < 1.29 is 9.53 Å². The molecule has 0 N–H and O–H groups in total. The van der Waals surface area contributed by atoms with Gasteiger partial charge in [0.15, 0.2) is 5.78 Å². The first kappa shape index (κ1) is 12.0. The first-order valence-electron chi connectivity index (χ1n) is 5.97. The fourth-order valence-electron chi connectivity index (χ4n) is 1.70. The molecule has 2 rings (SSSR count). The highest BCUT2D eigenvalue weighted by Crippen LogP contribution is 2.24. The van der Waals surface area contributed by atoms with Gasteiger partial charge in [0, 0.05) is 30.4 Å². The average Bonchev–Trinajstić information content (AvgIpc) is 3.13. The van der Waals surface area contributed by atoms with E-state index in [4.69, 9.17) is 4.74 Å². The second kappa shape index (κ2) is 5.27. The molecule has 0 aliphatic heterocycles. The van der Waals surface area contributed by atoms with E-state index in [1.165, 1.54) is 12.8 Å². The second-order valence-corrected chi connectivity index (χ2v) is 4.50. The molecule has 0 radical (unpaired) electrons. The molecule has 0 spiro atoms. The zero-order valence-corrected chi connectivity index (χ0v) is 10.3. The minimum atomic E-state index is 0.0346. The van der Waals surface area contributed by atoms with E-state index in [0.29, 0.717) is 18.1 Å². The predicted octanol–water partition coefficient (Wildman–Crippen LogP) is 1.76. The fraction of sp³-hybridized carbons (Fsp3) is 0.538. The van der Waals surface area contributed by atoms with Gasteiger partial charge in [-0.3, -0.25) is 4.79 Å². The van der Waals surface area contributed by atoms with Gasteiger partial charge in [0.25, 0.3) is 0 Å². The molecule has 1 heterocycles. The molecule has 0 bridgehead atoms. The molecule has 0 unspecified atom stereocenters. The predicted molar refractivity (Wildman–Crippen MR) is 65.4 cm³/mol. The zero-order chi connectivity index (χ0) is 12.3. The van der Waals surface area contributed by atoms with E-state index in [2.05, 4.69) is 16.9 Å². The number of rotatable bonds is 6. The third kappa shape index (κ3) is 3.53. The lowest BCUT2D eigenvalue weighted by molar-refractivity contribution is 0.101. The maximum absolute atomic E-state index is 11.2. The number of carbonyl (C=O) groups is 1. The third-order valence-electron chi connectivity index (χ3n) is 3.01. The van der Waals surface area contributed by atoms with Gasteiger partial charge in [0.05, 0.1) is 0 Å². The Kier molecular flexibility index (Phi) is 3.74. The number of nitrogens with zero attached hydrogens (tertiary/aromatic N) is 2. The summed E-state index contributed by atoms with van der Waals surface area (Å²) >= 11 is 0. The minimum absolute atomic E-state index is 0.0346. The van der Waals surface area contributed by atoms with E-state index in [9.17, 15) is 4.79 Å². The van der Waals surface area contributed by atoms with Crippen molar-refractivity contribution in [2.24, 2.45) is 0 Å². The van der Waals surface area contributed by atoms with Crippen LogP contribution < -0.4 is 4.74 Å². The summed E-state index contributed by atoms with van der Waals surface area (Å²) in [6.07, 6.45) is 4.21. The Balaban J connectivity index is 1.81. The van der Waals surface area contributed by atoms with E-state index >= 15 is 0 Å². The Hall–Kier alpha value is -1.42. The van der Waals surface area contributed by atoms with Gasteiger partial charge in [-0.2, -0.15) is 0 Å². The highest BCUT2D eigenvalue weighted by atomic mass is 16.5. The van der Waals surface area contributed by atoms with Crippen LogP contribution in [0.25, 0.3) is 0 Å². The molecule has 1 aliphatic rings. The van der Waals surface area contributed by atoms with E-state index in [1.807, 2.05) is 0 Å². The standard InChI is InChI=1S/C13H18N2O2/c1-10(16)11-5-6-14-13(9-11)17-8-7-15(2)12-3-4-12/h5-6,9,12H,3-4,7-8H2,1-2H3. The topological polar surface area (TPSA) is 42.4 Å². The van der Waals surface area contributed by atoms with Crippen LogP contribution >= 0.6 is 0 Å². The average molecular weight is 234 g/mol. The molecule has 92 valence electrons. The van der Waals surface area contributed by atoms with E-state index < -0.39 is 0 Å². The minimum Gasteiger partial charge on any atom is -0.476 e. The van der Waals surface area contributed by atoms with Crippen molar-refractivity contribution >= 4 is 5.78 Å². The molecule has 0 amide bonds. The number of likely N-dealkylation sites (N-methyl/N-ethyl adjacent to an activating group) is 1. The molecule has 0 aromatic carbocycles. The molecule has 1 saturated carbocycles. The summed E-state index contributed by atoms with van der Waals surface area (Å²) in [7, 11) is 2.11. The van der Waals surface area contributed by atoms with Crippen LogP contribution in [0, 0.1) is 0 Å². The summed E-state index contributed by atoms with van der Waals surface area (Å²) in [5, 5.41) is 0. The number of ether oxygens (including phenoxy) is 1. The molecule has 17 heavy (non-hydrogen) atoms. The van der Waals surface area contributed by atoms with Gasteiger partial charge < -0.3 is 9.64 Å². The third-order valence-corrected chi connectivity index (χ3v) is 3.01. The summed E-state index contributed by atoms with van der Waals surface area (Å²) in [5.74, 6) is 0.564. The van der Waals surface area contributed by atoms with Crippen LogP contribution in [0.1, 0.15) is 30.1 Å². The lowest BCUT2D eigenvalue weighted by atomic mass is 10.2. The van der Waals surface area contributed by atoms with Gasteiger partial charge in [0.2, 0.25) is 5.88 Å². The van der Waals surface area contributed by atoms with E-state index in [-0.39, 0.29) is 5.78 Å². The SMILES string of the molecule is CC(=O)c1ccnc(OCCN(C)C2CC2)c1. The van der Waals surface area contributed by atoms with E-state index in [1.54, 1.807) is 25.3 Å². The summed E-state index contributed by atoms with van der Waals surface area (Å²) < 4.78 is 5.54. The monoisotopic (exact) mass is 234 g/mol. The molecular weight excluding hydrogens is 216 g/mol. The number of carbonyl (C=O) groups excluding carboxylic acids is 1. The van der Waals surface area contributed by atoms with Crippen molar-refractivity contribution in [3.8, 4) is 5.88 Å². The second-order valence-electron chi connectivity index (χ2n) is 4.50. The van der Waals surface area contributed by atoms with Gasteiger partial charge in [0.1, 0.15) is 6.61 Å². The Bertz CT molecular complexity index is 402. The van der Waals surface area contributed by atoms with Gasteiger partial charge in [-0.15, -0.1) is 0 Å². The number of aromatic nitrogens is 1. The smallest absolute Gasteiger partial charge is 0.213 e. The fourth-order valence-corrected chi connectivity index (χ4v) is 1.70. The number of ketones is 1. The van der Waals surface area contributed by atoms with Gasteiger partial charge >= 0.3 is 0 Å². The molecule has 1 fully saturated rings. The van der Waals surface area contributed by atoms with Crippen molar-refractivity contribution in [2.75, 3.05) is 20.2 Å². The van der Waals surface area contributed by atoms with Crippen LogP contribution in [0.3, 0.4) is 0 Å². The Morgan fingerprint density at radius 2 is 2.35 bits per heavy atom. The number of pyridine rings is 1.